The maximum atomic E-state index is 13.4. The van der Waals surface area contributed by atoms with E-state index >= 15 is 0 Å². The molecule has 2 fully saturated rings. The van der Waals surface area contributed by atoms with Crippen LogP contribution >= 0.6 is 23.1 Å². The van der Waals surface area contributed by atoms with Gasteiger partial charge in [-0.15, -0.1) is 11.3 Å². The van der Waals surface area contributed by atoms with Crippen LogP contribution in [0, 0.1) is 19.8 Å². The Morgan fingerprint density at radius 3 is 2.81 bits per heavy atom. The Morgan fingerprint density at radius 2 is 2.00 bits per heavy atom. The number of carbonyl (C=O) groups is 1. The number of piperidine rings is 1. The van der Waals surface area contributed by atoms with E-state index in [2.05, 4.69) is 4.90 Å². The molecule has 1 saturated heterocycles. The first-order valence-electron chi connectivity index (χ1n) is 12.0. The van der Waals surface area contributed by atoms with Gasteiger partial charge in [0.05, 0.1) is 11.1 Å². The molecule has 2 atom stereocenters. The molecule has 1 saturated carbocycles. The van der Waals surface area contributed by atoms with Gasteiger partial charge in [0.25, 0.3) is 5.56 Å². The number of nitrogens with zero attached hydrogens (tertiary/aromatic N) is 3. The lowest BCUT2D eigenvalue weighted by Crippen LogP contribution is -2.50. The minimum absolute atomic E-state index is 0.00798. The first-order valence-corrected chi connectivity index (χ1v) is 13.8. The molecule has 3 heterocycles. The number of aromatic nitrogens is 2. The molecule has 0 bridgehead atoms. The fraction of sp³-hybridized carbons (Fsp3) is 0.708. The molecular weight excluding hydrogens is 442 g/mol. The van der Waals surface area contributed by atoms with Crippen molar-refractivity contribution in [1.29, 1.82) is 0 Å². The molecule has 1 amide bonds. The SMILES string of the molecule is CCOCCCn1c(SCC(=O)N2CCC[C@@H]3CCCC[C@H]32)nc2sc(C)c(C)c2c1=O. The predicted octanol–water partition coefficient (Wildman–Crippen LogP) is 4.77. The van der Waals surface area contributed by atoms with Gasteiger partial charge in [-0.25, -0.2) is 4.98 Å². The topological polar surface area (TPSA) is 64.4 Å². The Bertz CT molecular complexity index is 1010. The molecule has 2 aromatic heterocycles. The third kappa shape index (κ3) is 4.92. The lowest BCUT2D eigenvalue weighted by molar-refractivity contribution is -0.134. The summed E-state index contributed by atoms with van der Waals surface area (Å²) in [5.41, 5.74) is 1.03. The van der Waals surface area contributed by atoms with E-state index in [4.69, 9.17) is 9.72 Å². The van der Waals surface area contributed by atoms with Crippen LogP contribution in [0.25, 0.3) is 10.2 Å². The number of rotatable bonds is 8. The van der Waals surface area contributed by atoms with Gasteiger partial charge in [-0.2, -0.15) is 0 Å². The molecule has 2 aliphatic rings. The Morgan fingerprint density at radius 1 is 1.22 bits per heavy atom. The Hall–Kier alpha value is -1.38. The van der Waals surface area contributed by atoms with Crippen molar-refractivity contribution in [3.63, 3.8) is 0 Å². The van der Waals surface area contributed by atoms with Crippen LogP contribution in [-0.4, -0.2) is 51.9 Å². The second kappa shape index (κ2) is 10.7. The van der Waals surface area contributed by atoms with Crippen LogP contribution < -0.4 is 5.56 Å². The van der Waals surface area contributed by atoms with E-state index in [1.165, 1.54) is 37.4 Å². The van der Waals surface area contributed by atoms with E-state index in [1.54, 1.807) is 15.9 Å². The molecule has 1 aliphatic carbocycles. The van der Waals surface area contributed by atoms with Crippen molar-refractivity contribution in [3.8, 4) is 0 Å². The molecule has 0 radical (unpaired) electrons. The second-order valence-electron chi connectivity index (χ2n) is 8.99. The zero-order chi connectivity index (χ0) is 22.7. The highest BCUT2D eigenvalue weighted by Gasteiger charge is 2.35. The van der Waals surface area contributed by atoms with Gasteiger partial charge in [-0.05, 0) is 64.4 Å². The lowest BCUT2D eigenvalue weighted by atomic mass is 9.78. The van der Waals surface area contributed by atoms with E-state index in [0.717, 1.165) is 46.5 Å². The predicted molar refractivity (Wildman–Crippen MR) is 132 cm³/mol. The Kier molecular flexibility index (Phi) is 7.95. The van der Waals surface area contributed by atoms with Gasteiger partial charge in [0, 0.05) is 37.2 Å². The summed E-state index contributed by atoms with van der Waals surface area (Å²) in [6.45, 7) is 8.72. The fourth-order valence-electron chi connectivity index (χ4n) is 5.23. The van der Waals surface area contributed by atoms with Crippen LogP contribution in [0.2, 0.25) is 0 Å². The number of carbonyl (C=O) groups excluding carboxylic acids is 1. The van der Waals surface area contributed by atoms with Crippen molar-refractivity contribution in [1.82, 2.24) is 14.5 Å². The molecule has 6 nitrogen and oxygen atoms in total. The summed E-state index contributed by atoms with van der Waals surface area (Å²) in [5, 5.41) is 1.38. The molecule has 8 heteroatoms. The van der Waals surface area contributed by atoms with Crippen LogP contribution in [0.5, 0.6) is 0 Å². The summed E-state index contributed by atoms with van der Waals surface area (Å²) >= 11 is 2.99. The van der Waals surface area contributed by atoms with Crippen molar-refractivity contribution in [2.45, 2.75) is 83.5 Å². The molecule has 0 N–H and O–H groups in total. The van der Waals surface area contributed by atoms with E-state index in [0.29, 0.717) is 42.6 Å². The largest absolute Gasteiger partial charge is 0.382 e. The molecule has 0 unspecified atom stereocenters. The number of thiophene rings is 1. The van der Waals surface area contributed by atoms with Crippen LogP contribution in [0.3, 0.4) is 0 Å². The van der Waals surface area contributed by atoms with Gasteiger partial charge < -0.3 is 9.64 Å². The normalized spacial score (nSPS) is 21.2. The Balaban J connectivity index is 1.54. The second-order valence-corrected chi connectivity index (χ2v) is 11.1. The number of amides is 1. The number of likely N-dealkylation sites (tertiary alicyclic amines) is 1. The minimum Gasteiger partial charge on any atom is -0.382 e. The third-order valence-corrected chi connectivity index (χ3v) is 9.08. The van der Waals surface area contributed by atoms with Crippen LogP contribution in [0.1, 0.15) is 62.3 Å². The first-order chi connectivity index (χ1) is 15.5. The van der Waals surface area contributed by atoms with Crippen LogP contribution in [0.15, 0.2) is 9.95 Å². The number of hydrogen-bond donors (Lipinski definition) is 0. The maximum absolute atomic E-state index is 13.4. The summed E-state index contributed by atoms with van der Waals surface area (Å²) in [5.74, 6) is 1.21. The zero-order valence-electron chi connectivity index (χ0n) is 19.5. The number of ether oxygens (including phenoxy) is 1. The number of fused-ring (bicyclic) bond motifs is 2. The summed E-state index contributed by atoms with van der Waals surface area (Å²) in [4.78, 5) is 35.5. The highest BCUT2D eigenvalue weighted by atomic mass is 32.2. The fourth-order valence-corrected chi connectivity index (χ4v) is 7.21. The van der Waals surface area contributed by atoms with Crippen LogP contribution in [0.4, 0.5) is 0 Å². The average Bonchev–Trinajstić information content (AvgIpc) is 3.09. The van der Waals surface area contributed by atoms with Crippen LogP contribution in [-0.2, 0) is 16.1 Å². The molecular formula is C24H35N3O3S2. The highest BCUT2D eigenvalue weighted by Crippen LogP contribution is 2.36. The van der Waals surface area contributed by atoms with Crippen molar-refractivity contribution in [2.24, 2.45) is 5.92 Å². The van der Waals surface area contributed by atoms with Gasteiger partial charge >= 0.3 is 0 Å². The van der Waals surface area contributed by atoms with Crippen molar-refractivity contribution >= 4 is 39.2 Å². The molecule has 4 rings (SSSR count). The summed E-state index contributed by atoms with van der Waals surface area (Å²) in [6, 6.07) is 0.414. The lowest BCUT2D eigenvalue weighted by Gasteiger charge is -2.44. The minimum atomic E-state index is 0.00798. The third-order valence-electron chi connectivity index (χ3n) is 7.02. The average molecular weight is 478 g/mol. The van der Waals surface area contributed by atoms with Gasteiger partial charge in [0.15, 0.2) is 5.16 Å². The molecule has 32 heavy (non-hydrogen) atoms. The quantitative estimate of drug-likeness (QED) is 0.311. The van der Waals surface area contributed by atoms with Gasteiger partial charge in [-0.1, -0.05) is 24.6 Å². The molecule has 176 valence electrons. The number of thioether (sulfide) groups is 1. The zero-order valence-corrected chi connectivity index (χ0v) is 21.2. The molecule has 2 aromatic rings. The molecule has 0 aromatic carbocycles. The summed E-state index contributed by atoms with van der Waals surface area (Å²) in [7, 11) is 0. The Labute approximate surface area is 198 Å². The van der Waals surface area contributed by atoms with E-state index < -0.39 is 0 Å². The summed E-state index contributed by atoms with van der Waals surface area (Å²) < 4.78 is 7.24. The number of aryl methyl sites for hydroxylation is 2. The van der Waals surface area contributed by atoms with E-state index in [9.17, 15) is 9.59 Å². The molecule has 1 aliphatic heterocycles. The molecule has 0 spiro atoms. The van der Waals surface area contributed by atoms with Crippen molar-refractivity contribution in [2.75, 3.05) is 25.5 Å². The van der Waals surface area contributed by atoms with E-state index in [-0.39, 0.29) is 11.5 Å². The van der Waals surface area contributed by atoms with Gasteiger partial charge in [0.1, 0.15) is 4.83 Å². The van der Waals surface area contributed by atoms with Gasteiger partial charge in [0.2, 0.25) is 5.91 Å². The van der Waals surface area contributed by atoms with Crippen molar-refractivity contribution in [3.05, 3.63) is 20.8 Å². The van der Waals surface area contributed by atoms with Crippen molar-refractivity contribution < 1.29 is 9.53 Å². The number of hydrogen-bond acceptors (Lipinski definition) is 6. The monoisotopic (exact) mass is 477 g/mol. The standard InChI is InChI=1S/C24H35N3O3S2/c1-4-30-14-8-13-27-23(29)21-16(2)17(3)32-22(21)25-24(27)31-15-20(28)26-12-7-10-18-9-5-6-11-19(18)26/h18-19H,4-15H2,1-3H3/t18-,19+/m0/s1. The maximum Gasteiger partial charge on any atom is 0.263 e. The first kappa shape index (κ1) is 23.8. The van der Waals surface area contributed by atoms with E-state index in [1.807, 2.05) is 20.8 Å². The smallest absolute Gasteiger partial charge is 0.263 e. The summed E-state index contributed by atoms with van der Waals surface area (Å²) in [6.07, 6.45) is 8.05. The van der Waals surface area contributed by atoms with Gasteiger partial charge in [-0.3, -0.25) is 14.2 Å². The highest BCUT2D eigenvalue weighted by molar-refractivity contribution is 7.99.